The number of esters is 1. The van der Waals surface area contributed by atoms with Crippen LogP contribution in [0, 0.1) is 0 Å². The predicted molar refractivity (Wildman–Crippen MR) is 91.4 cm³/mol. The van der Waals surface area contributed by atoms with E-state index in [9.17, 15) is 4.79 Å². The monoisotopic (exact) mass is 339 g/mol. The van der Waals surface area contributed by atoms with Gasteiger partial charge < -0.3 is 14.2 Å². The summed E-state index contributed by atoms with van der Waals surface area (Å²) in [5, 5.41) is 0. The molecule has 0 bridgehead atoms. The number of cyclic esters (lactones) is 1. The third-order valence-corrected chi connectivity index (χ3v) is 4.40. The van der Waals surface area contributed by atoms with E-state index in [4.69, 9.17) is 14.2 Å². The van der Waals surface area contributed by atoms with Gasteiger partial charge in [0.2, 0.25) is 12.7 Å². The number of hydrogen-bond donors (Lipinski definition) is 0. The molecule has 2 aliphatic rings. The lowest BCUT2D eigenvalue weighted by atomic mass is 10.2. The fourth-order valence-corrected chi connectivity index (χ4v) is 2.83. The number of hydrogen-bond acceptors (Lipinski definition) is 6. The van der Waals surface area contributed by atoms with Crippen LogP contribution in [0.15, 0.2) is 58.0 Å². The minimum Gasteiger partial charge on any atom is -0.454 e. The van der Waals surface area contributed by atoms with Crippen molar-refractivity contribution in [3.63, 3.8) is 0 Å². The van der Waals surface area contributed by atoms with Crippen molar-refractivity contribution >= 4 is 29.7 Å². The first-order chi connectivity index (χ1) is 11.7. The Bertz CT molecular complexity index is 871. The van der Waals surface area contributed by atoms with Crippen LogP contribution in [0.5, 0.6) is 11.5 Å². The van der Waals surface area contributed by atoms with E-state index in [0.29, 0.717) is 17.1 Å². The van der Waals surface area contributed by atoms with Gasteiger partial charge in [-0.15, -0.1) is 11.8 Å². The lowest BCUT2D eigenvalue weighted by Crippen LogP contribution is -2.05. The summed E-state index contributed by atoms with van der Waals surface area (Å²) >= 11 is 1.67. The summed E-state index contributed by atoms with van der Waals surface area (Å²) in [6.07, 6.45) is 3.73. The Labute approximate surface area is 142 Å². The van der Waals surface area contributed by atoms with Crippen molar-refractivity contribution in [3.8, 4) is 11.5 Å². The maximum atomic E-state index is 12.1. The van der Waals surface area contributed by atoms with Gasteiger partial charge in [0.15, 0.2) is 17.2 Å². The molecule has 0 saturated carbocycles. The van der Waals surface area contributed by atoms with Gasteiger partial charge in [-0.25, -0.2) is 9.79 Å². The lowest BCUT2D eigenvalue weighted by molar-refractivity contribution is -0.129. The third-order valence-electron chi connectivity index (χ3n) is 3.66. The highest BCUT2D eigenvalue weighted by Crippen LogP contribution is 2.33. The first kappa shape index (κ1) is 14.8. The molecule has 2 aliphatic heterocycles. The smallest absolute Gasteiger partial charge is 0.363 e. The van der Waals surface area contributed by atoms with Crippen molar-refractivity contribution < 1.29 is 19.0 Å². The molecular weight excluding hydrogens is 326 g/mol. The fraction of sp³-hybridized carbons (Fsp3) is 0.111. The molecule has 5 nitrogen and oxygen atoms in total. The van der Waals surface area contributed by atoms with E-state index in [-0.39, 0.29) is 18.4 Å². The van der Waals surface area contributed by atoms with E-state index in [0.717, 1.165) is 10.5 Å². The molecule has 2 aromatic carbocycles. The molecular formula is C18H13NO4S. The van der Waals surface area contributed by atoms with Gasteiger partial charge in [0, 0.05) is 10.5 Å². The van der Waals surface area contributed by atoms with Crippen molar-refractivity contribution in [1.82, 2.24) is 0 Å². The Hall–Kier alpha value is -2.73. The number of nitrogens with zero attached hydrogens (tertiary/aromatic N) is 1. The number of benzene rings is 2. The van der Waals surface area contributed by atoms with Gasteiger partial charge in [-0.3, -0.25) is 0 Å². The van der Waals surface area contributed by atoms with E-state index in [1.807, 2.05) is 30.5 Å². The zero-order valence-electron chi connectivity index (χ0n) is 12.8. The van der Waals surface area contributed by atoms with Crippen molar-refractivity contribution in [2.75, 3.05) is 13.0 Å². The topological polar surface area (TPSA) is 57.1 Å². The molecule has 0 atom stereocenters. The Balaban J connectivity index is 1.63. The quantitative estimate of drug-likeness (QED) is 0.487. The summed E-state index contributed by atoms with van der Waals surface area (Å²) in [7, 11) is 0. The van der Waals surface area contributed by atoms with Crippen molar-refractivity contribution in [1.29, 1.82) is 0 Å². The fourth-order valence-electron chi connectivity index (χ4n) is 2.42. The number of aliphatic imine (C=N–C) groups is 1. The number of rotatable bonds is 3. The van der Waals surface area contributed by atoms with Crippen LogP contribution in [0.2, 0.25) is 0 Å². The Morgan fingerprint density at radius 1 is 1.08 bits per heavy atom. The summed E-state index contributed by atoms with van der Waals surface area (Å²) in [6.45, 7) is 0.197. The van der Waals surface area contributed by atoms with Crippen LogP contribution in [0.3, 0.4) is 0 Å². The summed E-state index contributed by atoms with van der Waals surface area (Å²) in [6, 6.07) is 13.2. The van der Waals surface area contributed by atoms with Crippen LogP contribution in [0.25, 0.3) is 6.08 Å². The van der Waals surface area contributed by atoms with Gasteiger partial charge in [0.25, 0.3) is 0 Å². The Kier molecular flexibility index (Phi) is 3.74. The number of carbonyl (C=O) groups excluding carboxylic acids is 1. The molecule has 0 unspecified atom stereocenters. The van der Waals surface area contributed by atoms with E-state index < -0.39 is 5.97 Å². The summed E-state index contributed by atoms with van der Waals surface area (Å²) in [5.41, 5.74) is 1.85. The van der Waals surface area contributed by atoms with E-state index in [2.05, 4.69) is 4.99 Å². The van der Waals surface area contributed by atoms with Gasteiger partial charge in [-0.2, -0.15) is 0 Å². The normalized spacial score (nSPS) is 17.1. The first-order valence-electron chi connectivity index (χ1n) is 7.29. The number of thioether (sulfide) groups is 1. The van der Waals surface area contributed by atoms with E-state index >= 15 is 0 Å². The molecule has 4 rings (SSSR count). The second-order valence-electron chi connectivity index (χ2n) is 5.18. The van der Waals surface area contributed by atoms with Crippen LogP contribution in [-0.4, -0.2) is 24.9 Å². The highest BCUT2D eigenvalue weighted by atomic mass is 32.2. The van der Waals surface area contributed by atoms with E-state index in [1.54, 1.807) is 36.0 Å². The molecule has 0 saturated heterocycles. The molecule has 0 spiro atoms. The van der Waals surface area contributed by atoms with Gasteiger partial charge in [0.1, 0.15) is 0 Å². The maximum absolute atomic E-state index is 12.1. The molecule has 0 aromatic heterocycles. The number of carbonyl (C=O) groups is 1. The highest BCUT2D eigenvalue weighted by Gasteiger charge is 2.25. The molecule has 0 radical (unpaired) electrons. The summed E-state index contributed by atoms with van der Waals surface area (Å²) < 4.78 is 15.9. The molecule has 0 aliphatic carbocycles. The third kappa shape index (κ3) is 2.76. The first-order valence-corrected chi connectivity index (χ1v) is 8.52. The Morgan fingerprint density at radius 3 is 2.67 bits per heavy atom. The van der Waals surface area contributed by atoms with Crippen molar-refractivity contribution in [2.24, 2.45) is 4.99 Å². The molecule has 120 valence electrons. The van der Waals surface area contributed by atoms with Crippen LogP contribution in [0.1, 0.15) is 11.1 Å². The molecule has 2 aromatic rings. The second kappa shape index (κ2) is 6.05. The molecule has 6 heteroatoms. The summed E-state index contributed by atoms with van der Waals surface area (Å²) in [5.74, 6) is 1.10. The van der Waals surface area contributed by atoms with Crippen molar-refractivity contribution in [3.05, 3.63) is 59.3 Å². The molecule has 0 fully saturated rings. The van der Waals surface area contributed by atoms with Crippen LogP contribution < -0.4 is 9.47 Å². The highest BCUT2D eigenvalue weighted by molar-refractivity contribution is 7.98. The van der Waals surface area contributed by atoms with E-state index in [1.165, 1.54) is 0 Å². The zero-order valence-corrected chi connectivity index (χ0v) is 13.6. The van der Waals surface area contributed by atoms with Crippen LogP contribution in [0.4, 0.5) is 0 Å². The lowest BCUT2D eigenvalue weighted by Gasteiger charge is -2.01. The number of fused-ring (bicyclic) bond motifs is 1. The molecule has 0 N–H and O–H groups in total. The largest absolute Gasteiger partial charge is 0.454 e. The average Bonchev–Trinajstić information content (AvgIpc) is 3.22. The molecule has 2 heterocycles. The van der Waals surface area contributed by atoms with Crippen LogP contribution >= 0.6 is 11.8 Å². The summed E-state index contributed by atoms with van der Waals surface area (Å²) in [4.78, 5) is 17.5. The predicted octanol–water partition coefficient (Wildman–Crippen LogP) is 3.48. The zero-order chi connectivity index (χ0) is 16.5. The van der Waals surface area contributed by atoms with Crippen molar-refractivity contribution in [2.45, 2.75) is 4.90 Å². The standard InChI is InChI=1S/C18H13NO4S/c1-24-13-5-2-11(3-6-13)8-14-18(20)23-17(19-14)12-4-7-15-16(9-12)22-10-21-15/h2-9H,10H2,1H3/b14-8-. The second-order valence-corrected chi connectivity index (χ2v) is 6.06. The van der Waals surface area contributed by atoms with Crippen LogP contribution in [-0.2, 0) is 9.53 Å². The minimum atomic E-state index is -0.461. The SMILES string of the molecule is CSc1ccc(/C=C2\N=C(c3ccc4c(c3)OCO4)OC2=O)cc1. The van der Waals surface area contributed by atoms with Gasteiger partial charge in [0.05, 0.1) is 0 Å². The molecule has 0 amide bonds. The molecule has 24 heavy (non-hydrogen) atoms. The average molecular weight is 339 g/mol. The Morgan fingerprint density at radius 2 is 1.88 bits per heavy atom. The minimum absolute atomic E-state index is 0.197. The number of ether oxygens (including phenoxy) is 3. The van der Waals surface area contributed by atoms with Gasteiger partial charge in [-0.1, -0.05) is 12.1 Å². The maximum Gasteiger partial charge on any atom is 0.363 e. The van der Waals surface area contributed by atoms with Gasteiger partial charge >= 0.3 is 5.97 Å². The van der Waals surface area contributed by atoms with Gasteiger partial charge in [-0.05, 0) is 48.2 Å².